The minimum Gasteiger partial charge on any atom is -0.467 e. The molecule has 0 radical (unpaired) electrons. The molecule has 3 atom stereocenters. The summed E-state index contributed by atoms with van der Waals surface area (Å²) in [6.45, 7) is 0.168. The second kappa shape index (κ2) is 11.8. The van der Waals surface area contributed by atoms with Crippen molar-refractivity contribution in [3.63, 3.8) is 0 Å². The van der Waals surface area contributed by atoms with Gasteiger partial charge in [-0.15, -0.1) is 0 Å². The van der Waals surface area contributed by atoms with Crippen LogP contribution in [0.5, 0.6) is 0 Å². The van der Waals surface area contributed by atoms with Crippen LogP contribution in [-0.4, -0.2) is 69.9 Å². The first-order valence-electron chi connectivity index (χ1n) is 14.5. The fourth-order valence-electron chi connectivity index (χ4n) is 6.84. The molecule has 3 aromatic carbocycles. The Kier molecular flexibility index (Phi) is 8.06. The van der Waals surface area contributed by atoms with Crippen LogP contribution in [-0.2, 0) is 56.8 Å². The van der Waals surface area contributed by atoms with Crippen LogP contribution < -0.4 is 4.90 Å². The summed E-state index contributed by atoms with van der Waals surface area (Å²) < 4.78 is 85.0. The Labute approximate surface area is 273 Å². The van der Waals surface area contributed by atoms with Crippen molar-refractivity contribution < 1.29 is 50.2 Å². The number of alkyl halides is 3. The van der Waals surface area contributed by atoms with Gasteiger partial charge in [-0.1, -0.05) is 48.5 Å². The van der Waals surface area contributed by atoms with E-state index in [4.69, 9.17) is 14.2 Å². The lowest BCUT2D eigenvalue weighted by molar-refractivity contribution is -0.144. The molecule has 0 unspecified atom stereocenters. The first-order chi connectivity index (χ1) is 22.8. The number of esters is 3. The van der Waals surface area contributed by atoms with Gasteiger partial charge in [0.1, 0.15) is 11.9 Å². The first-order valence-corrected chi connectivity index (χ1v) is 15.9. The van der Waals surface area contributed by atoms with Gasteiger partial charge in [0.25, 0.3) is 10.0 Å². The van der Waals surface area contributed by atoms with Gasteiger partial charge in [0.15, 0.2) is 5.70 Å². The molecule has 15 heteroatoms. The molecule has 0 amide bonds. The number of halogens is 3. The third-order valence-corrected chi connectivity index (χ3v) is 10.6. The zero-order chi connectivity index (χ0) is 34.6. The van der Waals surface area contributed by atoms with Crippen LogP contribution in [0.15, 0.2) is 100 Å². The molecule has 0 aliphatic carbocycles. The Morgan fingerprint density at radius 3 is 2.10 bits per heavy atom. The van der Waals surface area contributed by atoms with Crippen LogP contribution in [0.4, 0.5) is 18.9 Å². The highest BCUT2D eigenvalue weighted by molar-refractivity contribution is 7.89. The molecule has 3 aromatic rings. The number of nitrogens with zero attached hydrogens (tertiary/aromatic N) is 3. The van der Waals surface area contributed by atoms with Crippen LogP contribution in [0.3, 0.4) is 0 Å². The van der Waals surface area contributed by atoms with Crippen molar-refractivity contribution in [3.05, 3.63) is 107 Å². The molecule has 48 heavy (non-hydrogen) atoms. The molecule has 1 fully saturated rings. The molecule has 3 heterocycles. The van der Waals surface area contributed by atoms with Crippen molar-refractivity contribution in [3.8, 4) is 0 Å². The summed E-state index contributed by atoms with van der Waals surface area (Å²) in [4.78, 5) is 46.3. The molecule has 3 aliphatic heterocycles. The normalized spacial score (nSPS) is 21.6. The summed E-state index contributed by atoms with van der Waals surface area (Å²) >= 11 is 0. The number of carbonyl (C=O) groups is 3. The summed E-state index contributed by atoms with van der Waals surface area (Å²) in [5.74, 6) is -3.32. The van der Waals surface area contributed by atoms with Crippen molar-refractivity contribution >= 4 is 39.5 Å². The van der Waals surface area contributed by atoms with E-state index in [0.717, 1.165) is 39.0 Å². The lowest BCUT2D eigenvalue weighted by Crippen LogP contribution is -2.55. The average molecular weight is 684 g/mol. The maximum Gasteiger partial charge on any atom is 0.416 e. The van der Waals surface area contributed by atoms with Gasteiger partial charge >= 0.3 is 24.1 Å². The maximum absolute atomic E-state index is 14.5. The number of methoxy groups -OCH3 is 3. The van der Waals surface area contributed by atoms with Crippen LogP contribution in [0.1, 0.15) is 23.1 Å². The van der Waals surface area contributed by atoms with Gasteiger partial charge in [-0.2, -0.15) is 13.2 Å². The van der Waals surface area contributed by atoms with Crippen LogP contribution in [0.2, 0.25) is 0 Å². The predicted molar refractivity (Wildman–Crippen MR) is 164 cm³/mol. The summed E-state index contributed by atoms with van der Waals surface area (Å²) in [7, 11) is -1.64. The van der Waals surface area contributed by atoms with Crippen molar-refractivity contribution in [2.24, 2.45) is 4.99 Å². The molecule has 0 N–H and O–H groups in total. The minimum absolute atomic E-state index is 0.168. The van der Waals surface area contributed by atoms with E-state index in [1.807, 2.05) is 35.2 Å². The fourth-order valence-corrected chi connectivity index (χ4v) is 8.48. The van der Waals surface area contributed by atoms with Crippen molar-refractivity contribution in [1.82, 2.24) is 4.31 Å². The molecule has 3 aliphatic rings. The minimum atomic E-state index is -4.87. The van der Waals surface area contributed by atoms with Gasteiger partial charge in [-0.3, -0.25) is 0 Å². The molecule has 1 spiro atoms. The number of fused-ring (bicyclic) bond motifs is 1. The molecule has 250 valence electrons. The van der Waals surface area contributed by atoms with Crippen LogP contribution in [0, 0.1) is 0 Å². The summed E-state index contributed by atoms with van der Waals surface area (Å²) in [5, 5.41) is 0. The highest BCUT2D eigenvalue weighted by atomic mass is 32.2. The zero-order valence-corrected chi connectivity index (χ0v) is 26.5. The summed E-state index contributed by atoms with van der Waals surface area (Å²) in [6.07, 6.45) is -5.05. The molecule has 0 saturated carbocycles. The number of carbonyl (C=O) groups excluding carboxylic acids is 3. The van der Waals surface area contributed by atoms with Crippen molar-refractivity contribution in [2.75, 3.05) is 26.2 Å². The van der Waals surface area contributed by atoms with Crippen LogP contribution in [0.25, 0.3) is 0 Å². The monoisotopic (exact) mass is 683 g/mol. The Hall–Kier alpha value is -5.18. The van der Waals surface area contributed by atoms with E-state index >= 15 is 0 Å². The van der Waals surface area contributed by atoms with Crippen molar-refractivity contribution in [2.45, 2.75) is 41.5 Å². The third-order valence-electron chi connectivity index (χ3n) is 8.82. The second-order valence-corrected chi connectivity index (χ2v) is 13.1. The first kappa shape index (κ1) is 32.7. The van der Waals surface area contributed by atoms with Gasteiger partial charge in [0, 0.05) is 12.2 Å². The smallest absolute Gasteiger partial charge is 0.416 e. The molecule has 0 bridgehead atoms. The number of anilines is 1. The summed E-state index contributed by atoms with van der Waals surface area (Å²) in [5.41, 5.74) is -1.59. The number of ether oxygens (including phenoxy) is 3. The lowest BCUT2D eigenvalue weighted by Gasteiger charge is -2.40. The molecular weight excluding hydrogens is 655 g/mol. The van der Waals surface area contributed by atoms with E-state index in [0.29, 0.717) is 27.7 Å². The largest absolute Gasteiger partial charge is 0.467 e. The van der Waals surface area contributed by atoms with E-state index in [2.05, 4.69) is 4.99 Å². The number of hydrogen-bond donors (Lipinski definition) is 0. The molecule has 11 nitrogen and oxygen atoms in total. The highest BCUT2D eigenvalue weighted by Gasteiger charge is 2.68. The molecular formula is C33H28F3N3O8S. The van der Waals surface area contributed by atoms with Gasteiger partial charge in [0.2, 0.25) is 0 Å². The van der Waals surface area contributed by atoms with Gasteiger partial charge in [0.05, 0.1) is 48.8 Å². The maximum atomic E-state index is 14.5. The number of sulfonamides is 1. The molecule has 1 saturated heterocycles. The Bertz CT molecular complexity index is 1980. The standard InChI is InChI=1S/C33H28F3N3O8S/c1-45-28(40)24-17-32-22-11-7-8-12-23(22)38(18-19-9-5-4-6-10-19)27(32)25(29(41)46-2)26(30(42)47-3)37-31(32)39(24)48(43,44)21-15-13-20(14-16-21)33(34,35)36/h4-16,24,27H,17-18H2,1-3H3/t24-,27-,32-/m0/s1. The van der Waals surface area contributed by atoms with Crippen molar-refractivity contribution in [1.29, 1.82) is 0 Å². The Morgan fingerprint density at radius 1 is 0.875 bits per heavy atom. The SMILES string of the molecule is COC(=O)C1=C(C(=O)OC)[C@@H]2N(Cc3ccccc3)c3ccccc3[C@@]23C[C@@H](C(=O)OC)N(S(=O)(=O)c2ccc(C(F)(F)F)cc2)C3=N1. The van der Waals surface area contributed by atoms with Crippen LogP contribution >= 0.6 is 0 Å². The van der Waals surface area contributed by atoms with Gasteiger partial charge < -0.3 is 19.1 Å². The predicted octanol–water partition coefficient (Wildman–Crippen LogP) is 3.98. The average Bonchev–Trinajstić information content (AvgIpc) is 3.58. The second-order valence-electron chi connectivity index (χ2n) is 11.3. The third kappa shape index (κ3) is 4.91. The number of hydrogen-bond acceptors (Lipinski definition) is 10. The highest BCUT2D eigenvalue weighted by Crippen LogP contribution is 2.59. The van der Waals surface area contributed by atoms with E-state index in [9.17, 15) is 36.0 Å². The number of rotatable bonds is 7. The topological polar surface area (TPSA) is 132 Å². The Balaban J connectivity index is 1.67. The number of para-hydroxylation sites is 1. The number of benzene rings is 3. The number of amidine groups is 1. The van der Waals surface area contributed by atoms with E-state index in [1.54, 1.807) is 24.3 Å². The van der Waals surface area contributed by atoms with Gasteiger partial charge in [-0.05, 0) is 47.9 Å². The van der Waals surface area contributed by atoms with E-state index in [1.165, 1.54) is 0 Å². The quantitative estimate of drug-likeness (QED) is 0.268. The molecule has 6 rings (SSSR count). The number of aliphatic imine (C=N–C) groups is 1. The van der Waals surface area contributed by atoms with E-state index in [-0.39, 0.29) is 24.4 Å². The lowest BCUT2D eigenvalue weighted by atomic mass is 9.69. The Morgan fingerprint density at radius 2 is 1.50 bits per heavy atom. The summed E-state index contributed by atoms with van der Waals surface area (Å²) in [6, 6.07) is 16.1. The molecule has 0 aromatic heterocycles. The van der Waals surface area contributed by atoms with Gasteiger partial charge in [-0.25, -0.2) is 32.1 Å². The zero-order valence-electron chi connectivity index (χ0n) is 25.7. The fraction of sp³-hybridized carbons (Fsp3) is 0.273. The van der Waals surface area contributed by atoms with E-state index < -0.39 is 67.8 Å².